The summed E-state index contributed by atoms with van der Waals surface area (Å²) in [6, 6.07) is 0. The minimum atomic E-state index is -0.941. The number of hydrogen-bond donors (Lipinski definition) is 1. The van der Waals surface area contributed by atoms with E-state index in [1.807, 2.05) is 0 Å². The summed E-state index contributed by atoms with van der Waals surface area (Å²) in [6.07, 6.45) is 0. The van der Waals surface area contributed by atoms with Gasteiger partial charge in [0, 0.05) is 20.6 Å². The standard InChI is InChI=1S/C11H16ClN3O3/c1-6(11(17)18)5-14(3)10(16)8-7(2)13-15(4)9(8)12/h6H,5H2,1-4H3,(H,17,18)/t6-/m1/s1. The molecule has 0 aliphatic rings. The molecule has 0 unspecified atom stereocenters. The van der Waals surface area contributed by atoms with Crippen LogP contribution in [0.5, 0.6) is 0 Å². The van der Waals surface area contributed by atoms with Gasteiger partial charge in [0.25, 0.3) is 5.91 Å². The largest absolute Gasteiger partial charge is 0.481 e. The molecule has 1 amide bonds. The Morgan fingerprint density at radius 3 is 2.50 bits per heavy atom. The zero-order valence-electron chi connectivity index (χ0n) is 10.8. The maximum atomic E-state index is 12.2. The molecule has 1 rings (SSSR count). The topological polar surface area (TPSA) is 75.4 Å². The molecule has 0 aliphatic heterocycles. The Bertz CT molecular complexity index is 484. The van der Waals surface area contributed by atoms with Gasteiger partial charge in [0.05, 0.1) is 17.2 Å². The third-order valence-electron chi connectivity index (χ3n) is 2.68. The monoisotopic (exact) mass is 273 g/mol. The molecule has 0 saturated carbocycles. The van der Waals surface area contributed by atoms with Crippen LogP contribution in [0, 0.1) is 12.8 Å². The van der Waals surface area contributed by atoms with E-state index < -0.39 is 11.9 Å². The van der Waals surface area contributed by atoms with Gasteiger partial charge in [-0.2, -0.15) is 5.10 Å². The van der Waals surface area contributed by atoms with Gasteiger partial charge in [-0.15, -0.1) is 0 Å². The highest BCUT2D eigenvalue weighted by Gasteiger charge is 2.24. The first-order valence-corrected chi connectivity index (χ1v) is 5.80. The number of carboxylic acid groups (broad SMARTS) is 1. The van der Waals surface area contributed by atoms with Crippen molar-refractivity contribution in [3.05, 3.63) is 16.4 Å². The molecule has 1 N–H and O–H groups in total. The Morgan fingerprint density at radius 1 is 1.56 bits per heavy atom. The third kappa shape index (κ3) is 2.81. The van der Waals surface area contributed by atoms with E-state index in [1.54, 1.807) is 27.9 Å². The van der Waals surface area contributed by atoms with Crippen molar-refractivity contribution in [1.29, 1.82) is 0 Å². The molecule has 1 atom stereocenters. The molecule has 0 bridgehead atoms. The van der Waals surface area contributed by atoms with E-state index in [4.69, 9.17) is 16.7 Å². The van der Waals surface area contributed by atoms with Gasteiger partial charge < -0.3 is 10.0 Å². The molecule has 18 heavy (non-hydrogen) atoms. The van der Waals surface area contributed by atoms with Crippen molar-refractivity contribution in [2.24, 2.45) is 13.0 Å². The minimum absolute atomic E-state index is 0.124. The first-order valence-electron chi connectivity index (χ1n) is 5.43. The van der Waals surface area contributed by atoms with Gasteiger partial charge in [0.15, 0.2) is 0 Å². The Labute approximate surface area is 110 Å². The summed E-state index contributed by atoms with van der Waals surface area (Å²) in [5, 5.41) is 13.1. The van der Waals surface area contributed by atoms with Crippen LogP contribution in [0.3, 0.4) is 0 Å². The number of rotatable bonds is 4. The van der Waals surface area contributed by atoms with Crippen molar-refractivity contribution in [2.45, 2.75) is 13.8 Å². The van der Waals surface area contributed by atoms with Gasteiger partial charge in [0.2, 0.25) is 0 Å². The summed E-state index contributed by atoms with van der Waals surface area (Å²) in [5.41, 5.74) is 0.849. The van der Waals surface area contributed by atoms with Gasteiger partial charge in [-0.1, -0.05) is 18.5 Å². The van der Waals surface area contributed by atoms with Crippen LogP contribution in [0.2, 0.25) is 5.15 Å². The lowest BCUT2D eigenvalue weighted by molar-refractivity contribution is -0.141. The van der Waals surface area contributed by atoms with E-state index >= 15 is 0 Å². The molecule has 6 nitrogen and oxygen atoms in total. The van der Waals surface area contributed by atoms with E-state index in [1.165, 1.54) is 9.58 Å². The maximum absolute atomic E-state index is 12.2. The number of carboxylic acids is 1. The lowest BCUT2D eigenvalue weighted by Crippen LogP contribution is -2.34. The van der Waals surface area contributed by atoms with Crippen molar-refractivity contribution in [1.82, 2.24) is 14.7 Å². The Morgan fingerprint density at radius 2 is 2.11 bits per heavy atom. The Balaban J connectivity index is 2.90. The van der Waals surface area contributed by atoms with Crippen molar-refractivity contribution in [3.8, 4) is 0 Å². The molecule has 0 aromatic carbocycles. The number of halogens is 1. The number of nitrogens with zero attached hydrogens (tertiary/aromatic N) is 3. The minimum Gasteiger partial charge on any atom is -0.481 e. The summed E-state index contributed by atoms with van der Waals surface area (Å²) < 4.78 is 1.42. The Kier molecular flexibility index (Phi) is 4.34. The van der Waals surface area contributed by atoms with Crippen LogP contribution in [-0.4, -0.2) is 45.3 Å². The number of aryl methyl sites for hydroxylation is 2. The molecule has 0 radical (unpaired) electrons. The molecule has 1 aromatic rings. The zero-order chi connectivity index (χ0) is 14.0. The smallest absolute Gasteiger partial charge is 0.308 e. The predicted molar refractivity (Wildman–Crippen MR) is 66.7 cm³/mol. The summed E-state index contributed by atoms with van der Waals surface area (Å²) in [4.78, 5) is 24.2. The molecule has 0 saturated heterocycles. The fourth-order valence-corrected chi connectivity index (χ4v) is 1.89. The van der Waals surface area contributed by atoms with Crippen molar-refractivity contribution >= 4 is 23.5 Å². The second-order valence-electron chi connectivity index (χ2n) is 4.30. The molecule has 0 spiro atoms. The quantitative estimate of drug-likeness (QED) is 0.894. The second kappa shape index (κ2) is 5.39. The average molecular weight is 274 g/mol. The van der Waals surface area contributed by atoms with E-state index in [2.05, 4.69) is 5.10 Å². The van der Waals surface area contributed by atoms with Crippen molar-refractivity contribution in [2.75, 3.05) is 13.6 Å². The lowest BCUT2D eigenvalue weighted by Gasteiger charge is -2.19. The number of hydrogen-bond acceptors (Lipinski definition) is 3. The predicted octanol–water partition coefficient (Wildman–Crippen LogP) is 1.17. The third-order valence-corrected chi connectivity index (χ3v) is 3.12. The fourth-order valence-electron chi connectivity index (χ4n) is 1.64. The van der Waals surface area contributed by atoms with E-state index in [-0.39, 0.29) is 17.6 Å². The van der Waals surface area contributed by atoms with Gasteiger partial charge in [0.1, 0.15) is 5.15 Å². The first-order chi connectivity index (χ1) is 8.25. The van der Waals surface area contributed by atoms with E-state index in [0.29, 0.717) is 11.3 Å². The van der Waals surface area contributed by atoms with Gasteiger partial charge in [-0.25, -0.2) is 0 Å². The van der Waals surface area contributed by atoms with Crippen LogP contribution in [0.25, 0.3) is 0 Å². The van der Waals surface area contributed by atoms with Crippen molar-refractivity contribution < 1.29 is 14.7 Å². The van der Waals surface area contributed by atoms with E-state index in [9.17, 15) is 9.59 Å². The number of amides is 1. The van der Waals surface area contributed by atoms with Gasteiger partial charge >= 0.3 is 5.97 Å². The number of aromatic nitrogens is 2. The van der Waals surface area contributed by atoms with Crippen LogP contribution in [0.1, 0.15) is 23.0 Å². The maximum Gasteiger partial charge on any atom is 0.308 e. The van der Waals surface area contributed by atoms with Gasteiger partial charge in [-0.05, 0) is 6.92 Å². The normalized spacial score (nSPS) is 12.3. The number of carbonyl (C=O) groups excluding carboxylic acids is 1. The highest BCUT2D eigenvalue weighted by atomic mass is 35.5. The van der Waals surface area contributed by atoms with Crippen molar-refractivity contribution in [3.63, 3.8) is 0 Å². The van der Waals surface area contributed by atoms with Crippen LogP contribution in [0.15, 0.2) is 0 Å². The van der Waals surface area contributed by atoms with Crippen LogP contribution in [-0.2, 0) is 11.8 Å². The lowest BCUT2D eigenvalue weighted by atomic mass is 10.1. The summed E-state index contributed by atoms with van der Waals surface area (Å²) in [5.74, 6) is -1.89. The van der Waals surface area contributed by atoms with Crippen LogP contribution >= 0.6 is 11.6 Å². The summed E-state index contributed by atoms with van der Waals surface area (Å²) in [6.45, 7) is 3.36. The molecule has 0 aliphatic carbocycles. The molecule has 1 aromatic heterocycles. The molecule has 0 fully saturated rings. The molecule has 1 heterocycles. The zero-order valence-corrected chi connectivity index (χ0v) is 11.5. The van der Waals surface area contributed by atoms with Crippen LogP contribution < -0.4 is 0 Å². The molecule has 7 heteroatoms. The molecule has 100 valence electrons. The Hall–Kier alpha value is -1.56. The summed E-state index contributed by atoms with van der Waals surface area (Å²) in [7, 11) is 3.19. The number of aliphatic carboxylic acids is 1. The second-order valence-corrected chi connectivity index (χ2v) is 4.66. The summed E-state index contributed by atoms with van der Waals surface area (Å²) >= 11 is 5.99. The SMILES string of the molecule is Cc1nn(C)c(Cl)c1C(=O)N(C)C[C@@H](C)C(=O)O. The fraction of sp³-hybridized carbons (Fsp3) is 0.545. The highest BCUT2D eigenvalue weighted by Crippen LogP contribution is 2.20. The first kappa shape index (κ1) is 14.5. The molecular formula is C11H16ClN3O3. The molecular weight excluding hydrogens is 258 g/mol. The number of carbonyl (C=O) groups is 2. The highest BCUT2D eigenvalue weighted by molar-refractivity contribution is 6.33. The van der Waals surface area contributed by atoms with Crippen LogP contribution in [0.4, 0.5) is 0 Å². The van der Waals surface area contributed by atoms with E-state index in [0.717, 1.165) is 0 Å². The van der Waals surface area contributed by atoms with Gasteiger partial charge in [-0.3, -0.25) is 14.3 Å². The average Bonchev–Trinajstić information content (AvgIpc) is 2.52.